The van der Waals surface area contributed by atoms with E-state index in [1.165, 1.54) is 0 Å². The lowest BCUT2D eigenvalue weighted by molar-refractivity contribution is 0.0945. The van der Waals surface area contributed by atoms with Crippen LogP contribution >= 0.6 is 11.3 Å². The van der Waals surface area contributed by atoms with E-state index in [0.717, 1.165) is 41.8 Å². The van der Waals surface area contributed by atoms with Gasteiger partial charge in [0, 0.05) is 39.1 Å². The van der Waals surface area contributed by atoms with E-state index in [2.05, 4.69) is 30.5 Å². The van der Waals surface area contributed by atoms with Crippen LogP contribution in [0.3, 0.4) is 0 Å². The summed E-state index contributed by atoms with van der Waals surface area (Å²) in [7, 11) is 1.80. The number of rotatable bonds is 5. The molecule has 0 unspecified atom stereocenters. The lowest BCUT2D eigenvalue weighted by Crippen LogP contribution is -2.38. The highest BCUT2D eigenvalue weighted by Crippen LogP contribution is 2.30. The molecular weight excluding hydrogens is 362 g/mol. The van der Waals surface area contributed by atoms with Crippen molar-refractivity contribution >= 4 is 22.4 Å². The summed E-state index contributed by atoms with van der Waals surface area (Å²) in [5.74, 6) is 0.416. The van der Waals surface area contributed by atoms with Crippen molar-refractivity contribution in [1.29, 1.82) is 0 Å². The third kappa shape index (κ3) is 4.13. The molecule has 140 valence electrons. The zero-order valence-corrected chi connectivity index (χ0v) is 15.9. The number of anilines is 1. The number of amides is 1. The second-order valence-electron chi connectivity index (χ2n) is 6.65. The number of hydrogen-bond acceptors (Lipinski definition) is 7. The average molecular weight is 383 g/mol. The van der Waals surface area contributed by atoms with Crippen LogP contribution in [0.5, 0.6) is 0 Å². The Labute approximate surface area is 161 Å². The van der Waals surface area contributed by atoms with Crippen molar-refractivity contribution in [1.82, 2.24) is 30.3 Å². The van der Waals surface area contributed by atoms with Crippen molar-refractivity contribution in [3.05, 3.63) is 42.4 Å². The van der Waals surface area contributed by atoms with E-state index in [9.17, 15) is 4.79 Å². The van der Waals surface area contributed by atoms with Crippen LogP contribution in [0.2, 0.25) is 0 Å². The molecule has 0 radical (unpaired) electrons. The highest BCUT2D eigenvalue weighted by molar-refractivity contribution is 7.18. The van der Waals surface area contributed by atoms with Crippen LogP contribution in [-0.4, -0.2) is 50.5 Å². The van der Waals surface area contributed by atoms with Gasteiger partial charge >= 0.3 is 0 Å². The largest absolute Gasteiger partial charge is 0.352 e. The van der Waals surface area contributed by atoms with E-state index in [4.69, 9.17) is 0 Å². The molecule has 9 heteroatoms. The van der Waals surface area contributed by atoms with Gasteiger partial charge in [0.2, 0.25) is 5.13 Å². The van der Waals surface area contributed by atoms with Gasteiger partial charge in [0.1, 0.15) is 5.69 Å². The third-order valence-corrected chi connectivity index (χ3v) is 5.71. The number of aryl methyl sites for hydroxylation is 1. The smallest absolute Gasteiger partial charge is 0.254 e. The number of piperidine rings is 1. The summed E-state index contributed by atoms with van der Waals surface area (Å²) in [5, 5.41) is 17.4. The molecule has 1 aliphatic rings. The lowest BCUT2D eigenvalue weighted by atomic mass is 9.97. The van der Waals surface area contributed by atoms with E-state index in [-0.39, 0.29) is 5.91 Å². The predicted octanol–water partition coefficient (Wildman–Crippen LogP) is 1.98. The number of nitrogens with zero attached hydrogens (tertiary/aromatic N) is 6. The molecule has 3 aromatic rings. The first-order valence-electron chi connectivity index (χ1n) is 8.96. The summed E-state index contributed by atoms with van der Waals surface area (Å²) >= 11 is 1.57. The molecule has 3 aromatic heterocycles. The zero-order valence-electron chi connectivity index (χ0n) is 15.1. The van der Waals surface area contributed by atoms with Crippen molar-refractivity contribution in [2.45, 2.75) is 12.8 Å². The van der Waals surface area contributed by atoms with E-state index in [1.54, 1.807) is 41.7 Å². The number of nitrogens with one attached hydrogen (secondary N) is 1. The molecule has 4 rings (SSSR count). The SMILES string of the molecule is Cn1cc(C(=O)NCC2CCN(c3nnc(-c4ccccn4)s3)CC2)cn1. The molecule has 0 saturated carbocycles. The number of aromatic nitrogens is 5. The minimum absolute atomic E-state index is 0.0605. The van der Waals surface area contributed by atoms with Gasteiger partial charge in [-0.15, -0.1) is 10.2 Å². The molecule has 0 aromatic carbocycles. The van der Waals surface area contributed by atoms with Gasteiger partial charge in [-0.1, -0.05) is 17.4 Å². The molecule has 0 atom stereocenters. The summed E-state index contributed by atoms with van der Waals surface area (Å²) < 4.78 is 1.63. The maximum Gasteiger partial charge on any atom is 0.254 e. The number of pyridine rings is 1. The molecule has 1 aliphatic heterocycles. The standard InChI is InChI=1S/C18H21N7OS/c1-24-12-14(11-21-24)16(26)20-10-13-5-8-25(9-6-13)18-23-22-17(27-18)15-4-2-3-7-19-15/h2-4,7,11-13H,5-6,8-10H2,1H3,(H,20,26). The fourth-order valence-electron chi connectivity index (χ4n) is 3.14. The molecule has 1 fully saturated rings. The molecular formula is C18H21N7OS. The van der Waals surface area contributed by atoms with Crippen molar-refractivity contribution in [2.75, 3.05) is 24.5 Å². The Balaban J connectivity index is 1.28. The second kappa shape index (κ2) is 7.83. The zero-order chi connectivity index (χ0) is 18.6. The highest BCUT2D eigenvalue weighted by atomic mass is 32.1. The van der Waals surface area contributed by atoms with Crippen molar-refractivity contribution in [3.8, 4) is 10.7 Å². The monoisotopic (exact) mass is 383 g/mol. The third-order valence-electron chi connectivity index (χ3n) is 4.70. The molecule has 0 aliphatic carbocycles. The van der Waals surface area contributed by atoms with Gasteiger partial charge in [0.25, 0.3) is 5.91 Å². The molecule has 4 heterocycles. The highest BCUT2D eigenvalue weighted by Gasteiger charge is 2.23. The first kappa shape index (κ1) is 17.6. The van der Waals surface area contributed by atoms with Gasteiger partial charge in [-0.2, -0.15) is 5.10 Å². The van der Waals surface area contributed by atoms with Crippen LogP contribution in [0.15, 0.2) is 36.8 Å². The Bertz CT molecular complexity index is 899. The van der Waals surface area contributed by atoms with Crippen molar-refractivity contribution in [3.63, 3.8) is 0 Å². The molecule has 1 saturated heterocycles. The maximum absolute atomic E-state index is 12.1. The fourth-order valence-corrected chi connectivity index (χ4v) is 4.02. The van der Waals surface area contributed by atoms with E-state index < -0.39 is 0 Å². The van der Waals surface area contributed by atoms with E-state index >= 15 is 0 Å². The summed E-state index contributed by atoms with van der Waals surface area (Å²) in [5.41, 5.74) is 1.46. The van der Waals surface area contributed by atoms with Gasteiger partial charge in [-0.05, 0) is 30.9 Å². The van der Waals surface area contributed by atoms with Gasteiger partial charge < -0.3 is 10.2 Å². The Morgan fingerprint density at radius 2 is 2.15 bits per heavy atom. The summed E-state index contributed by atoms with van der Waals surface area (Å²) in [4.78, 5) is 18.7. The summed E-state index contributed by atoms with van der Waals surface area (Å²) in [6.45, 7) is 2.53. The molecule has 0 spiro atoms. The Hall–Kier alpha value is -2.81. The molecule has 1 amide bonds. The Kier molecular flexibility index (Phi) is 5.10. The number of hydrogen-bond donors (Lipinski definition) is 1. The first-order chi connectivity index (χ1) is 13.2. The lowest BCUT2D eigenvalue weighted by Gasteiger charge is -2.31. The van der Waals surface area contributed by atoms with Crippen LogP contribution in [0.4, 0.5) is 5.13 Å². The summed E-state index contributed by atoms with van der Waals surface area (Å²) in [6, 6.07) is 5.79. The van der Waals surface area contributed by atoms with Crippen molar-refractivity contribution < 1.29 is 4.79 Å². The topological polar surface area (TPSA) is 88.8 Å². The van der Waals surface area contributed by atoms with Crippen molar-refractivity contribution in [2.24, 2.45) is 13.0 Å². The Morgan fingerprint density at radius 1 is 1.30 bits per heavy atom. The quantitative estimate of drug-likeness (QED) is 0.725. The van der Waals surface area contributed by atoms with Gasteiger partial charge in [0.15, 0.2) is 5.01 Å². The average Bonchev–Trinajstić information content (AvgIpc) is 3.37. The number of carbonyl (C=O) groups is 1. The minimum Gasteiger partial charge on any atom is -0.352 e. The Morgan fingerprint density at radius 3 is 2.85 bits per heavy atom. The number of carbonyl (C=O) groups excluding carboxylic acids is 1. The van der Waals surface area contributed by atoms with Crippen LogP contribution in [0, 0.1) is 5.92 Å². The molecule has 0 bridgehead atoms. The fraction of sp³-hybridized carbons (Fsp3) is 0.389. The van der Waals surface area contributed by atoms with Crippen LogP contribution in [0.25, 0.3) is 10.7 Å². The van der Waals surface area contributed by atoms with Crippen LogP contribution in [0.1, 0.15) is 23.2 Å². The molecule has 27 heavy (non-hydrogen) atoms. The van der Waals surface area contributed by atoms with Crippen LogP contribution < -0.4 is 10.2 Å². The predicted molar refractivity (Wildman–Crippen MR) is 104 cm³/mol. The summed E-state index contributed by atoms with van der Waals surface area (Å²) in [6.07, 6.45) is 7.12. The van der Waals surface area contributed by atoms with E-state index in [0.29, 0.717) is 18.0 Å². The normalized spacial score (nSPS) is 15.1. The van der Waals surface area contributed by atoms with Gasteiger partial charge in [0.05, 0.1) is 11.8 Å². The van der Waals surface area contributed by atoms with E-state index in [1.807, 2.05) is 18.2 Å². The molecule has 1 N–H and O–H groups in total. The first-order valence-corrected chi connectivity index (χ1v) is 9.77. The second-order valence-corrected chi connectivity index (χ2v) is 7.60. The molecule has 8 nitrogen and oxygen atoms in total. The maximum atomic E-state index is 12.1. The van der Waals surface area contributed by atoms with Gasteiger partial charge in [-0.25, -0.2) is 0 Å². The van der Waals surface area contributed by atoms with Crippen LogP contribution in [-0.2, 0) is 7.05 Å². The minimum atomic E-state index is -0.0605. The van der Waals surface area contributed by atoms with Gasteiger partial charge in [-0.3, -0.25) is 14.5 Å².